The lowest BCUT2D eigenvalue weighted by Crippen LogP contribution is -2.25. The number of pyridine rings is 2. The van der Waals surface area contributed by atoms with E-state index in [0.29, 0.717) is 16.8 Å². The molecule has 22 heavy (non-hydrogen) atoms. The Morgan fingerprint density at radius 1 is 1.05 bits per heavy atom. The number of hydrazone groups is 2. The van der Waals surface area contributed by atoms with Gasteiger partial charge in [-0.15, -0.1) is 0 Å². The van der Waals surface area contributed by atoms with Crippen LogP contribution in [0.25, 0.3) is 0 Å². The van der Waals surface area contributed by atoms with Gasteiger partial charge in [0.2, 0.25) is 0 Å². The minimum Gasteiger partial charge on any atom is -0.382 e. The summed E-state index contributed by atoms with van der Waals surface area (Å²) in [6.07, 6.45) is 4.56. The number of rotatable bonds is 4. The molecule has 112 valence electrons. The van der Waals surface area contributed by atoms with Crippen LogP contribution in [-0.2, 0) is 0 Å². The van der Waals surface area contributed by atoms with Crippen LogP contribution >= 0.6 is 0 Å². The molecule has 0 aliphatic carbocycles. The van der Waals surface area contributed by atoms with Crippen molar-refractivity contribution in [1.29, 1.82) is 0 Å². The average molecular weight is 298 g/mol. The van der Waals surface area contributed by atoms with Gasteiger partial charge in [-0.05, 0) is 24.3 Å². The molecular formula is C13H14N8O. The van der Waals surface area contributed by atoms with E-state index in [9.17, 15) is 4.79 Å². The number of carbonyl (C=O) groups is 1. The van der Waals surface area contributed by atoms with Crippen LogP contribution in [-0.4, -0.2) is 27.5 Å². The molecule has 9 heteroatoms. The van der Waals surface area contributed by atoms with E-state index in [4.69, 9.17) is 17.3 Å². The maximum atomic E-state index is 12.0. The van der Waals surface area contributed by atoms with Crippen LogP contribution in [0.3, 0.4) is 0 Å². The molecule has 0 aliphatic heterocycles. The van der Waals surface area contributed by atoms with Crippen molar-refractivity contribution in [1.82, 2.24) is 15.4 Å². The van der Waals surface area contributed by atoms with Gasteiger partial charge in [-0.3, -0.25) is 14.8 Å². The minimum atomic E-state index is -0.467. The van der Waals surface area contributed by atoms with Crippen molar-refractivity contribution in [3.05, 3.63) is 59.7 Å². The van der Waals surface area contributed by atoms with E-state index in [-0.39, 0.29) is 11.7 Å². The summed E-state index contributed by atoms with van der Waals surface area (Å²) >= 11 is 0. The number of aromatic nitrogens is 2. The number of nitrogens with one attached hydrogen (secondary N) is 1. The van der Waals surface area contributed by atoms with Gasteiger partial charge in [0.15, 0.2) is 11.7 Å². The highest BCUT2D eigenvalue weighted by molar-refractivity contribution is 6.01. The van der Waals surface area contributed by atoms with Gasteiger partial charge in [-0.25, -0.2) is 5.43 Å². The molecule has 0 bridgehead atoms. The summed E-state index contributed by atoms with van der Waals surface area (Å²) in [7, 11) is 0. The summed E-state index contributed by atoms with van der Waals surface area (Å²) in [4.78, 5) is 19.8. The molecule has 0 spiro atoms. The highest BCUT2D eigenvalue weighted by Gasteiger charge is 2.08. The SMILES string of the molecule is NN=C(N)c1cc(C(=O)NN=C(N)c2ccncc2)ccn1. The number of amidine groups is 2. The number of nitrogens with two attached hydrogens (primary N) is 3. The summed E-state index contributed by atoms with van der Waals surface area (Å²) in [6.45, 7) is 0. The number of carbonyl (C=O) groups excluding carboxylic acids is 1. The Balaban J connectivity index is 2.13. The molecule has 0 saturated carbocycles. The van der Waals surface area contributed by atoms with E-state index in [1.54, 1.807) is 24.5 Å². The molecule has 0 saturated heterocycles. The third kappa shape index (κ3) is 3.54. The van der Waals surface area contributed by atoms with Crippen molar-refractivity contribution in [3.63, 3.8) is 0 Å². The number of hydrogen-bond acceptors (Lipinski definition) is 6. The summed E-state index contributed by atoms with van der Waals surface area (Å²) in [5, 5.41) is 7.15. The Morgan fingerprint density at radius 3 is 2.41 bits per heavy atom. The molecule has 0 atom stereocenters. The first-order chi connectivity index (χ1) is 10.6. The number of nitrogens with zero attached hydrogens (tertiary/aromatic N) is 4. The molecule has 0 radical (unpaired) electrons. The molecule has 2 heterocycles. The fourth-order valence-electron chi connectivity index (χ4n) is 1.54. The highest BCUT2D eigenvalue weighted by Crippen LogP contribution is 2.02. The van der Waals surface area contributed by atoms with Gasteiger partial charge in [0.05, 0.1) is 0 Å². The second-order valence-electron chi connectivity index (χ2n) is 4.12. The fraction of sp³-hybridized carbons (Fsp3) is 0. The van der Waals surface area contributed by atoms with E-state index in [0.717, 1.165) is 0 Å². The maximum absolute atomic E-state index is 12.0. The lowest BCUT2D eigenvalue weighted by molar-refractivity contribution is 0.0954. The second kappa shape index (κ2) is 6.79. The summed E-state index contributed by atoms with van der Waals surface area (Å²) < 4.78 is 0. The van der Waals surface area contributed by atoms with Crippen LogP contribution in [0.4, 0.5) is 0 Å². The molecule has 2 aromatic heterocycles. The Kier molecular flexibility index (Phi) is 4.60. The standard InChI is InChI=1S/C13H14N8O/c14-11(8-1-4-17-5-2-8)20-21-13(22)9-3-6-18-10(7-9)12(15)19-16/h1-7H,16H2,(H2,14,20)(H2,15,19)(H,21,22). The molecule has 1 amide bonds. The van der Waals surface area contributed by atoms with Gasteiger partial charge >= 0.3 is 0 Å². The lowest BCUT2D eigenvalue weighted by atomic mass is 10.2. The predicted molar refractivity (Wildman–Crippen MR) is 81.6 cm³/mol. The molecule has 0 fully saturated rings. The van der Waals surface area contributed by atoms with Crippen LogP contribution in [0, 0.1) is 0 Å². The van der Waals surface area contributed by atoms with Crippen LogP contribution in [0.15, 0.2) is 53.1 Å². The molecule has 0 unspecified atom stereocenters. The highest BCUT2D eigenvalue weighted by atomic mass is 16.2. The first-order valence-electron chi connectivity index (χ1n) is 6.15. The van der Waals surface area contributed by atoms with E-state index >= 15 is 0 Å². The quantitative estimate of drug-likeness (QED) is 0.248. The average Bonchev–Trinajstić information content (AvgIpc) is 2.59. The molecule has 0 aromatic carbocycles. The Bertz CT molecular complexity index is 726. The van der Waals surface area contributed by atoms with Crippen LogP contribution in [0.2, 0.25) is 0 Å². The number of amides is 1. The molecular weight excluding hydrogens is 284 g/mol. The number of hydrogen-bond donors (Lipinski definition) is 4. The zero-order chi connectivity index (χ0) is 15.9. The molecule has 7 N–H and O–H groups in total. The third-order valence-corrected chi connectivity index (χ3v) is 2.68. The van der Waals surface area contributed by atoms with Crippen LogP contribution in [0.1, 0.15) is 21.6 Å². The summed E-state index contributed by atoms with van der Waals surface area (Å²) in [6, 6.07) is 6.29. The molecule has 2 rings (SSSR count). The topological polar surface area (TPSA) is 158 Å². The fourth-order valence-corrected chi connectivity index (χ4v) is 1.54. The molecule has 0 aliphatic rings. The van der Waals surface area contributed by atoms with Crippen molar-refractivity contribution in [2.45, 2.75) is 0 Å². The maximum Gasteiger partial charge on any atom is 0.271 e. The van der Waals surface area contributed by atoms with Crippen LogP contribution < -0.4 is 22.7 Å². The second-order valence-corrected chi connectivity index (χ2v) is 4.12. The van der Waals surface area contributed by atoms with Gasteiger partial charge < -0.3 is 17.3 Å². The van der Waals surface area contributed by atoms with Crippen molar-refractivity contribution in [2.75, 3.05) is 0 Å². The van der Waals surface area contributed by atoms with Crippen molar-refractivity contribution < 1.29 is 4.79 Å². The van der Waals surface area contributed by atoms with E-state index in [1.165, 1.54) is 18.3 Å². The first-order valence-corrected chi connectivity index (χ1v) is 6.15. The monoisotopic (exact) mass is 298 g/mol. The summed E-state index contributed by atoms with van der Waals surface area (Å²) in [5.41, 5.74) is 14.9. The predicted octanol–water partition coefficient (Wildman–Crippen LogP) is -0.894. The van der Waals surface area contributed by atoms with Crippen LogP contribution in [0.5, 0.6) is 0 Å². The van der Waals surface area contributed by atoms with Gasteiger partial charge in [0.25, 0.3) is 5.91 Å². The van der Waals surface area contributed by atoms with Gasteiger partial charge in [-0.2, -0.15) is 10.2 Å². The summed E-state index contributed by atoms with van der Waals surface area (Å²) in [5.74, 6) is 4.79. The normalized spacial score (nSPS) is 12.0. The van der Waals surface area contributed by atoms with Gasteiger partial charge in [-0.1, -0.05) is 0 Å². The minimum absolute atomic E-state index is 0.0226. The first kappa shape index (κ1) is 14.9. The van der Waals surface area contributed by atoms with Gasteiger partial charge in [0.1, 0.15) is 5.69 Å². The third-order valence-electron chi connectivity index (χ3n) is 2.68. The lowest BCUT2D eigenvalue weighted by Gasteiger charge is -2.04. The zero-order valence-corrected chi connectivity index (χ0v) is 11.5. The Morgan fingerprint density at radius 2 is 1.73 bits per heavy atom. The van der Waals surface area contributed by atoms with E-state index in [1.807, 2.05) is 0 Å². The molecule has 9 nitrogen and oxygen atoms in total. The van der Waals surface area contributed by atoms with Crippen molar-refractivity contribution >= 4 is 17.6 Å². The molecule has 2 aromatic rings. The largest absolute Gasteiger partial charge is 0.382 e. The zero-order valence-electron chi connectivity index (χ0n) is 11.5. The van der Waals surface area contributed by atoms with Crippen molar-refractivity contribution in [3.8, 4) is 0 Å². The van der Waals surface area contributed by atoms with E-state index < -0.39 is 5.91 Å². The van der Waals surface area contributed by atoms with E-state index in [2.05, 4.69) is 25.6 Å². The smallest absolute Gasteiger partial charge is 0.271 e. The Labute approximate surface area is 125 Å². The van der Waals surface area contributed by atoms with Gasteiger partial charge in [0, 0.05) is 29.7 Å². The Hall–Kier alpha value is -3.49. The van der Waals surface area contributed by atoms with Crippen molar-refractivity contribution in [2.24, 2.45) is 27.5 Å².